The zero-order valence-electron chi connectivity index (χ0n) is 11.7. The van der Waals surface area contributed by atoms with Gasteiger partial charge in [0.1, 0.15) is 5.75 Å². The SMILES string of the molecule is C[C@@H]1CCC[C@H](C)C1=NNC(=O)c1cc(Cl)ccc1O. The molecular weight excluding hydrogens is 276 g/mol. The van der Waals surface area contributed by atoms with Crippen LogP contribution in [0.15, 0.2) is 23.3 Å². The van der Waals surface area contributed by atoms with Crippen molar-refractivity contribution in [1.29, 1.82) is 0 Å². The van der Waals surface area contributed by atoms with Crippen LogP contribution in [0.2, 0.25) is 5.02 Å². The number of phenols is 1. The van der Waals surface area contributed by atoms with E-state index < -0.39 is 5.91 Å². The highest BCUT2D eigenvalue weighted by atomic mass is 35.5. The van der Waals surface area contributed by atoms with Crippen LogP contribution in [0.3, 0.4) is 0 Å². The molecule has 1 aromatic rings. The number of hydrogen-bond acceptors (Lipinski definition) is 3. The minimum atomic E-state index is -0.442. The third-order valence-electron chi connectivity index (χ3n) is 3.77. The maximum Gasteiger partial charge on any atom is 0.275 e. The molecule has 4 nitrogen and oxygen atoms in total. The first-order valence-corrected chi connectivity index (χ1v) is 7.23. The summed E-state index contributed by atoms with van der Waals surface area (Å²) < 4.78 is 0. The summed E-state index contributed by atoms with van der Waals surface area (Å²) >= 11 is 5.83. The lowest BCUT2D eigenvalue weighted by atomic mass is 9.81. The van der Waals surface area contributed by atoms with Crippen molar-refractivity contribution in [1.82, 2.24) is 5.43 Å². The molecular formula is C15H19ClN2O2. The summed E-state index contributed by atoms with van der Waals surface area (Å²) in [6.45, 7) is 4.25. The van der Waals surface area contributed by atoms with Crippen molar-refractivity contribution in [3.8, 4) is 5.75 Å². The summed E-state index contributed by atoms with van der Waals surface area (Å²) in [5, 5.41) is 14.3. The van der Waals surface area contributed by atoms with Gasteiger partial charge < -0.3 is 5.11 Å². The first-order valence-electron chi connectivity index (χ1n) is 6.85. The minimum absolute atomic E-state index is 0.100. The summed E-state index contributed by atoms with van der Waals surface area (Å²) in [4.78, 5) is 12.0. The van der Waals surface area contributed by atoms with Gasteiger partial charge in [-0.25, -0.2) is 5.43 Å². The highest BCUT2D eigenvalue weighted by molar-refractivity contribution is 6.31. The zero-order chi connectivity index (χ0) is 14.7. The molecule has 1 aliphatic rings. The van der Waals surface area contributed by atoms with E-state index in [4.69, 9.17) is 11.6 Å². The van der Waals surface area contributed by atoms with Crippen LogP contribution in [-0.4, -0.2) is 16.7 Å². The van der Waals surface area contributed by atoms with Crippen molar-refractivity contribution in [2.75, 3.05) is 0 Å². The smallest absolute Gasteiger partial charge is 0.275 e. The Kier molecular flexibility index (Phi) is 4.65. The topological polar surface area (TPSA) is 61.7 Å². The number of carbonyl (C=O) groups is 1. The van der Waals surface area contributed by atoms with Crippen molar-refractivity contribution in [3.63, 3.8) is 0 Å². The van der Waals surface area contributed by atoms with Crippen molar-refractivity contribution in [3.05, 3.63) is 28.8 Å². The molecule has 0 radical (unpaired) electrons. The van der Waals surface area contributed by atoms with Crippen LogP contribution in [-0.2, 0) is 0 Å². The van der Waals surface area contributed by atoms with Gasteiger partial charge in [0.05, 0.1) is 5.56 Å². The van der Waals surface area contributed by atoms with Crippen LogP contribution < -0.4 is 5.43 Å². The average molecular weight is 295 g/mol. The van der Waals surface area contributed by atoms with Crippen LogP contribution in [0.1, 0.15) is 43.5 Å². The van der Waals surface area contributed by atoms with E-state index in [1.807, 2.05) is 0 Å². The Balaban J connectivity index is 2.13. The van der Waals surface area contributed by atoms with Gasteiger partial charge in [0.25, 0.3) is 5.91 Å². The van der Waals surface area contributed by atoms with E-state index in [9.17, 15) is 9.90 Å². The number of amides is 1. The van der Waals surface area contributed by atoms with Crippen molar-refractivity contribution >= 4 is 23.2 Å². The lowest BCUT2D eigenvalue weighted by molar-refractivity contribution is 0.0951. The van der Waals surface area contributed by atoms with Gasteiger partial charge in [-0.3, -0.25) is 4.79 Å². The lowest BCUT2D eigenvalue weighted by Gasteiger charge is -2.26. The predicted octanol–water partition coefficient (Wildman–Crippen LogP) is 3.59. The third kappa shape index (κ3) is 3.31. The monoisotopic (exact) mass is 294 g/mol. The second-order valence-corrected chi connectivity index (χ2v) is 5.81. The fraction of sp³-hybridized carbons (Fsp3) is 0.467. The molecule has 0 spiro atoms. The summed E-state index contributed by atoms with van der Waals surface area (Å²) in [5.41, 5.74) is 3.68. The summed E-state index contributed by atoms with van der Waals surface area (Å²) in [6, 6.07) is 4.36. The van der Waals surface area contributed by atoms with E-state index in [1.165, 1.54) is 24.6 Å². The number of aromatic hydroxyl groups is 1. The number of halogens is 1. The van der Waals surface area contributed by atoms with Gasteiger partial charge in [0.15, 0.2) is 0 Å². The number of nitrogens with zero attached hydrogens (tertiary/aromatic N) is 1. The standard InChI is InChI=1S/C15H19ClN2O2/c1-9-4-3-5-10(2)14(9)17-18-15(20)12-8-11(16)6-7-13(12)19/h6-10,19H,3-5H2,1-2H3,(H,18,20)/t9-,10+. The lowest BCUT2D eigenvalue weighted by Crippen LogP contribution is -2.29. The van der Waals surface area contributed by atoms with E-state index >= 15 is 0 Å². The van der Waals surface area contributed by atoms with E-state index in [2.05, 4.69) is 24.4 Å². The molecule has 108 valence electrons. The molecule has 2 N–H and O–H groups in total. The molecule has 0 unspecified atom stereocenters. The highest BCUT2D eigenvalue weighted by Gasteiger charge is 2.23. The van der Waals surface area contributed by atoms with Crippen LogP contribution in [0.25, 0.3) is 0 Å². The molecule has 1 saturated carbocycles. The Bertz CT molecular complexity index is 531. The zero-order valence-corrected chi connectivity index (χ0v) is 12.4. The maximum absolute atomic E-state index is 12.0. The average Bonchev–Trinajstić information content (AvgIpc) is 2.40. The largest absolute Gasteiger partial charge is 0.507 e. The minimum Gasteiger partial charge on any atom is -0.507 e. The predicted molar refractivity (Wildman–Crippen MR) is 80.2 cm³/mol. The Morgan fingerprint density at radius 3 is 2.65 bits per heavy atom. The van der Waals surface area contributed by atoms with E-state index in [1.54, 1.807) is 0 Å². The number of hydrogen-bond donors (Lipinski definition) is 2. The molecule has 1 fully saturated rings. The van der Waals surface area contributed by atoms with Gasteiger partial charge in [-0.1, -0.05) is 31.9 Å². The van der Waals surface area contributed by atoms with Crippen LogP contribution in [0.5, 0.6) is 5.75 Å². The van der Waals surface area contributed by atoms with Gasteiger partial charge in [-0.15, -0.1) is 0 Å². The van der Waals surface area contributed by atoms with Crippen LogP contribution in [0.4, 0.5) is 0 Å². The summed E-state index contributed by atoms with van der Waals surface area (Å²) in [6.07, 6.45) is 3.40. The van der Waals surface area contributed by atoms with Crippen molar-refractivity contribution in [2.45, 2.75) is 33.1 Å². The molecule has 5 heteroatoms. The van der Waals surface area contributed by atoms with Gasteiger partial charge in [-0.05, 0) is 42.9 Å². The molecule has 0 heterocycles. The number of carbonyl (C=O) groups excluding carboxylic acids is 1. The highest BCUT2D eigenvalue weighted by Crippen LogP contribution is 2.26. The Morgan fingerprint density at radius 1 is 1.35 bits per heavy atom. The number of nitrogens with one attached hydrogen (secondary N) is 1. The van der Waals surface area contributed by atoms with E-state index in [0.29, 0.717) is 16.9 Å². The molecule has 2 rings (SSSR count). The Morgan fingerprint density at radius 2 is 2.00 bits per heavy atom. The number of rotatable bonds is 2. The molecule has 0 aromatic heterocycles. The number of hydrazone groups is 1. The van der Waals surface area contributed by atoms with Gasteiger partial charge in [0, 0.05) is 10.7 Å². The summed E-state index contributed by atoms with van der Waals surface area (Å²) in [7, 11) is 0. The molecule has 1 aliphatic carbocycles. The molecule has 0 saturated heterocycles. The molecule has 20 heavy (non-hydrogen) atoms. The second-order valence-electron chi connectivity index (χ2n) is 5.37. The van der Waals surface area contributed by atoms with Crippen LogP contribution >= 0.6 is 11.6 Å². The first-order chi connectivity index (χ1) is 9.49. The fourth-order valence-electron chi connectivity index (χ4n) is 2.60. The van der Waals surface area contributed by atoms with Crippen LogP contribution in [0, 0.1) is 11.8 Å². The van der Waals surface area contributed by atoms with Gasteiger partial charge in [0.2, 0.25) is 0 Å². The number of benzene rings is 1. The molecule has 1 amide bonds. The van der Waals surface area contributed by atoms with Gasteiger partial charge >= 0.3 is 0 Å². The first kappa shape index (κ1) is 14.9. The van der Waals surface area contributed by atoms with Gasteiger partial charge in [-0.2, -0.15) is 5.10 Å². The Hall–Kier alpha value is -1.55. The maximum atomic E-state index is 12.0. The fourth-order valence-corrected chi connectivity index (χ4v) is 2.77. The summed E-state index contributed by atoms with van der Waals surface area (Å²) in [5.74, 6) is 0.221. The Labute approximate surface area is 123 Å². The molecule has 0 aliphatic heterocycles. The molecule has 0 bridgehead atoms. The normalized spacial score (nSPS) is 24.6. The number of phenolic OH excluding ortho intramolecular Hbond substituents is 1. The van der Waals surface area contributed by atoms with E-state index in [-0.39, 0.29) is 11.3 Å². The van der Waals surface area contributed by atoms with E-state index in [0.717, 1.165) is 18.6 Å². The molecule has 1 aromatic carbocycles. The molecule has 2 atom stereocenters. The quantitative estimate of drug-likeness (QED) is 0.819. The second kappa shape index (κ2) is 6.27. The third-order valence-corrected chi connectivity index (χ3v) is 4.01. The van der Waals surface area contributed by atoms with Crippen molar-refractivity contribution < 1.29 is 9.90 Å². The van der Waals surface area contributed by atoms with Crippen molar-refractivity contribution in [2.24, 2.45) is 16.9 Å².